The van der Waals surface area contributed by atoms with Crippen LogP contribution in [-0.4, -0.2) is 198 Å². The van der Waals surface area contributed by atoms with E-state index in [1.54, 1.807) is 78.2 Å². The SMILES string of the molecule is COC[C@H](OC)[C@@H](O[C@H]1O[C@H](COC)[C@H](O[C@H]2O[C@H](COC)[C@H](OC)[C@H](OC)[C@H]2OC)[C@H](OC)[C@H]1OC)[C@@H](OC)[C@@H](COC)OC. The van der Waals surface area contributed by atoms with Crippen molar-refractivity contribution in [1.82, 2.24) is 0 Å². The van der Waals surface area contributed by atoms with Crippen LogP contribution in [0.3, 0.4) is 0 Å². The van der Waals surface area contributed by atoms with Crippen LogP contribution in [0.5, 0.6) is 0 Å². The van der Waals surface area contributed by atoms with Crippen molar-refractivity contribution in [3.8, 4) is 0 Å². The predicted molar refractivity (Wildman–Crippen MR) is 161 cm³/mol. The van der Waals surface area contributed by atoms with E-state index in [0.29, 0.717) is 0 Å². The van der Waals surface area contributed by atoms with Crippen LogP contribution in [0.2, 0.25) is 0 Å². The zero-order valence-electron chi connectivity index (χ0n) is 29.4. The maximum atomic E-state index is 6.67. The van der Waals surface area contributed by atoms with Crippen LogP contribution in [-0.2, 0) is 75.8 Å². The van der Waals surface area contributed by atoms with E-state index in [2.05, 4.69) is 0 Å². The van der Waals surface area contributed by atoms with Gasteiger partial charge >= 0.3 is 0 Å². The molecular formula is C30H58O16. The third-order valence-corrected chi connectivity index (χ3v) is 8.38. The fraction of sp³-hybridized carbons (Fsp3) is 1.00. The molecule has 0 aromatic heterocycles. The van der Waals surface area contributed by atoms with Gasteiger partial charge in [-0.25, -0.2) is 0 Å². The first-order valence-corrected chi connectivity index (χ1v) is 15.1. The van der Waals surface area contributed by atoms with Gasteiger partial charge in [0.25, 0.3) is 0 Å². The molecule has 0 saturated carbocycles. The highest BCUT2D eigenvalue weighted by molar-refractivity contribution is 4.97. The topological polar surface area (TPSA) is 148 Å². The van der Waals surface area contributed by atoms with Crippen molar-refractivity contribution in [3.05, 3.63) is 0 Å². The van der Waals surface area contributed by atoms with Crippen LogP contribution in [0.25, 0.3) is 0 Å². The molecule has 2 heterocycles. The summed E-state index contributed by atoms with van der Waals surface area (Å²) in [6.07, 6.45) is -9.65. The molecule has 0 aliphatic carbocycles. The van der Waals surface area contributed by atoms with Gasteiger partial charge in [-0.05, 0) is 0 Å². The van der Waals surface area contributed by atoms with E-state index >= 15 is 0 Å². The summed E-state index contributed by atoms with van der Waals surface area (Å²) in [4.78, 5) is 0. The lowest BCUT2D eigenvalue weighted by Crippen LogP contribution is -2.67. The van der Waals surface area contributed by atoms with Gasteiger partial charge < -0.3 is 75.8 Å². The molecule has 0 spiro atoms. The van der Waals surface area contributed by atoms with Crippen molar-refractivity contribution in [2.24, 2.45) is 0 Å². The maximum absolute atomic E-state index is 6.67. The summed E-state index contributed by atoms with van der Waals surface area (Å²) >= 11 is 0. The number of ether oxygens (including phenoxy) is 16. The number of methoxy groups -OCH3 is 12. The second-order valence-corrected chi connectivity index (χ2v) is 10.9. The second-order valence-electron chi connectivity index (χ2n) is 10.9. The van der Waals surface area contributed by atoms with E-state index in [9.17, 15) is 0 Å². The zero-order chi connectivity index (χ0) is 34.2. The van der Waals surface area contributed by atoms with Crippen LogP contribution < -0.4 is 0 Å². The molecule has 0 amide bonds. The largest absolute Gasteiger partial charge is 0.382 e. The summed E-state index contributed by atoms with van der Waals surface area (Å²) in [5.74, 6) is 0. The van der Waals surface area contributed by atoms with Gasteiger partial charge in [-0.15, -0.1) is 0 Å². The standard InChI is InChI=1S/C30H58O16/c1-31-13-17(35-5)21(37-7)23(18(36-6)14-32-2)45-30-28(42-12)26(40-10)24(20(44-30)16-34-4)46-29-27(41-11)25(39-9)22(38-8)19(43-29)15-33-3/h17-30H,13-16H2,1-12H3/t17-,18+,19-,20-,21+,22+,23-,24+,25+,26+,27-,28-,29-,30-/m1/s1. The average Bonchev–Trinajstić information content (AvgIpc) is 3.07. The van der Waals surface area contributed by atoms with Gasteiger partial charge in [0.2, 0.25) is 0 Å². The maximum Gasteiger partial charge on any atom is 0.187 e. The van der Waals surface area contributed by atoms with Crippen molar-refractivity contribution in [3.63, 3.8) is 0 Å². The Bertz CT molecular complexity index is 781. The number of rotatable bonds is 23. The monoisotopic (exact) mass is 674 g/mol. The van der Waals surface area contributed by atoms with E-state index in [1.807, 2.05) is 0 Å². The molecule has 0 radical (unpaired) electrons. The molecule has 0 aromatic rings. The second kappa shape index (κ2) is 22.2. The molecular weight excluding hydrogens is 616 g/mol. The van der Waals surface area contributed by atoms with Crippen LogP contribution in [0.1, 0.15) is 0 Å². The summed E-state index contributed by atoms with van der Waals surface area (Å²) in [7, 11) is 18.8. The Morgan fingerprint density at radius 2 is 0.870 bits per heavy atom. The Morgan fingerprint density at radius 3 is 1.30 bits per heavy atom. The summed E-state index contributed by atoms with van der Waals surface area (Å²) in [6.45, 7) is 0.783. The first kappa shape index (κ1) is 41.5. The van der Waals surface area contributed by atoms with Crippen molar-refractivity contribution in [2.45, 2.75) is 85.8 Å². The highest BCUT2D eigenvalue weighted by atomic mass is 16.8. The van der Waals surface area contributed by atoms with Crippen LogP contribution in [0.4, 0.5) is 0 Å². The molecule has 0 bridgehead atoms. The summed E-state index contributed by atoms with van der Waals surface area (Å²) in [5.41, 5.74) is 0. The van der Waals surface area contributed by atoms with Crippen LogP contribution >= 0.6 is 0 Å². The minimum Gasteiger partial charge on any atom is -0.382 e. The third kappa shape index (κ3) is 10.2. The summed E-state index contributed by atoms with van der Waals surface area (Å²) in [6, 6.07) is 0. The van der Waals surface area contributed by atoms with E-state index in [1.165, 1.54) is 7.11 Å². The van der Waals surface area contributed by atoms with Crippen LogP contribution in [0, 0.1) is 0 Å². The molecule has 0 N–H and O–H groups in total. The van der Waals surface area contributed by atoms with Gasteiger partial charge in [0.1, 0.15) is 73.2 Å². The lowest BCUT2D eigenvalue weighted by atomic mass is 9.96. The third-order valence-electron chi connectivity index (χ3n) is 8.38. The van der Waals surface area contributed by atoms with Crippen molar-refractivity contribution >= 4 is 0 Å². The fourth-order valence-electron chi connectivity index (χ4n) is 6.16. The van der Waals surface area contributed by atoms with Crippen molar-refractivity contribution in [1.29, 1.82) is 0 Å². The van der Waals surface area contributed by atoms with Gasteiger partial charge in [0.15, 0.2) is 12.6 Å². The molecule has 14 atom stereocenters. The number of hydrogen-bond acceptors (Lipinski definition) is 16. The minimum atomic E-state index is -0.997. The fourth-order valence-corrected chi connectivity index (χ4v) is 6.16. The first-order chi connectivity index (χ1) is 22.3. The smallest absolute Gasteiger partial charge is 0.187 e. The molecule has 2 aliphatic rings. The molecule has 2 rings (SSSR count). The molecule has 0 unspecified atom stereocenters. The molecule has 0 aromatic carbocycles. The minimum absolute atomic E-state index is 0.121. The van der Waals surface area contributed by atoms with Gasteiger partial charge in [0.05, 0.1) is 26.4 Å². The first-order valence-electron chi connectivity index (χ1n) is 15.1. The molecule has 2 saturated heterocycles. The quantitative estimate of drug-likeness (QED) is 0.142. The highest BCUT2D eigenvalue weighted by Gasteiger charge is 2.54. The van der Waals surface area contributed by atoms with E-state index in [0.717, 1.165) is 0 Å². The Balaban J connectivity index is 2.48. The van der Waals surface area contributed by atoms with Gasteiger partial charge in [0, 0.05) is 85.3 Å². The summed E-state index contributed by atoms with van der Waals surface area (Å²) < 4.78 is 94.8. The molecule has 2 fully saturated rings. The zero-order valence-corrected chi connectivity index (χ0v) is 29.4. The predicted octanol–water partition coefficient (Wildman–Crippen LogP) is -0.0878. The summed E-state index contributed by atoms with van der Waals surface area (Å²) in [5, 5.41) is 0. The highest BCUT2D eigenvalue weighted by Crippen LogP contribution is 2.35. The Labute approximate surface area is 273 Å². The molecule has 16 heteroatoms. The average molecular weight is 675 g/mol. The molecule has 16 nitrogen and oxygen atoms in total. The van der Waals surface area contributed by atoms with E-state index in [4.69, 9.17) is 75.8 Å². The Kier molecular flexibility index (Phi) is 20.0. The normalized spacial score (nSPS) is 34.7. The lowest BCUT2D eigenvalue weighted by Gasteiger charge is -2.50. The van der Waals surface area contributed by atoms with Gasteiger partial charge in [-0.3, -0.25) is 0 Å². The molecule has 2 aliphatic heterocycles. The lowest BCUT2D eigenvalue weighted by molar-refractivity contribution is -0.375. The Hall–Kier alpha value is -0.640. The number of hydrogen-bond donors (Lipinski definition) is 0. The molecule has 46 heavy (non-hydrogen) atoms. The van der Waals surface area contributed by atoms with Gasteiger partial charge in [-0.1, -0.05) is 0 Å². The Morgan fingerprint density at radius 1 is 0.435 bits per heavy atom. The van der Waals surface area contributed by atoms with Gasteiger partial charge in [-0.2, -0.15) is 0 Å². The van der Waals surface area contributed by atoms with E-state index < -0.39 is 85.8 Å². The van der Waals surface area contributed by atoms with Crippen molar-refractivity contribution < 1.29 is 75.8 Å². The molecule has 274 valence electrons. The van der Waals surface area contributed by atoms with Crippen LogP contribution in [0.15, 0.2) is 0 Å². The van der Waals surface area contributed by atoms with E-state index in [-0.39, 0.29) is 26.4 Å². The van der Waals surface area contributed by atoms with Crippen molar-refractivity contribution in [2.75, 3.05) is 112 Å².